The van der Waals surface area contributed by atoms with E-state index in [-0.39, 0.29) is 39.9 Å². The number of aromatic nitrogens is 2. The number of phenolic OH excluding ortho intramolecular Hbond substituents is 1. The standard InChI is InChI=1S/C37H30N2O8/c1-21(2)8-13-26-27(28(36(42)43)16-22-6-4-14-38-19-22)18-30(40)32-33(41)31(29(37(44)45)17-23-7-5-15-39-20-23)34(47-35(26)32)24-9-11-25(46-3)12-10-24/h4-12,14-20,40H,13H2,1-3H3,(H,42,43)(H,44,45). The number of fused-ring (bicyclic) bond motifs is 1. The van der Waals surface area contributed by atoms with Crippen LogP contribution in [0.1, 0.15) is 41.7 Å². The number of pyridine rings is 2. The first-order valence-electron chi connectivity index (χ1n) is 14.4. The van der Waals surface area contributed by atoms with Gasteiger partial charge >= 0.3 is 11.9 Å². The van der Waals surface area contributed by atoms with Crippen molar-refractivity contribution < 1.29 is 34.1 Å². The predicted molar refractivity (Wildman–Crippen MR) is 179 cm³/mol. The van der Waals surface area contributed by atoms with Crippen LogP contribution in [0.5, 0.6) is 11.5 Å². The molecule has 0 radical (unpaired) electrons. The van der Waals surface area contributed by atoms with E-state index in [1.807, 2.05) is 19.9 Å². The van der Waals surface area contributed by atoms with E-state index < -0.39 is 28.7 Å². The van der Waals surface area contributed by atoms with Gasteiger partial charge in [0.25, 0.3) is 0 Å². The van der Waals surface area contributed by atoms with Crippen molar-refractivity contribution in [2.24, 2.45) is 0 Å². The molecule has 2 aromatic carbocycles. The summed E-state index contributed by atoms with van der Waals surface area (Å²) < 4.78 is 11.8. The number of carboxylic acids is 2. The summed E-state index contributed by atoms with van der Waals surface area (Å²) in [6.07, 6.45) is 10.7. The number of allylic oxidation sites excluding steroid dienone is 2. The van der Waals surface area contributed by atoms with E-state index >= 15 is 0 Å². The second kappa shape index (κ2) is 13.8. The Morgan fingerprint density at radius 3 is 2.00 bits per heavy atom. The third-order valence-corrected chi connectivity index (χ3v) is 7.33. The molecule has 0 bridgehead atoms. The van der Waals surface area contributed by atoms with Crippen LogP contribution in [0.4, 0.5) is 0 Å². The quantitative estimate of drug-likeness (QED) is 0.112. The fourth-order valence-electron chi connectivity index (χ4n) is 5.09. The Morgan fingerprint density at radius 1 is 0.894 bits per heavy atom. The average Bonchev–Trinajstić information content (AvgIpc) is 3.06. The molecule has 10 nitrogen and oxygen atoms in total. The smallest absolute Gasteiger partial charge is 0.336 e. The van der Waals surface area contributed by atoms with Gasteiger partial charge in [0.15, 0.2) is 0 Å². The van der Waals surface area contributed by atoms with Crippen LogP contribution in [0.25, 0.3) is 45.6 Å². The van der Waals surface area contributed by atoms with Crippen molar-refractivity contribution in [2.75, 3.05) is 7.11 Å². The van der Waals surface area contributed by atoms with E-state index in [4.69, 9.17) is 9.15 Å². The SMILES string of the molecule is COc1ccc(-c2oc3c(CC=C(C)C)c(C(=Cc4cccnc4)C(=O)O)cc(O)c3c(=O)c2C(=Cc2cccnc2)C(=O)O)cc1. The molecule has 0 fully saturated rings. The maximum absolute atomic E-state index is 14.5. The highest BCUT2D eigenvalue weighted by atomic mass is 16.5. The number of phenols is 1. The molecule has 0 amide bonds. The van der Waals surface area contributed by atoms with E-state index in [2.05, 4.69) is 9.97 Å². The first-order valence-corrected chi connectivity index (χ1v) is 14.4. The van der Waals surface area contributed by atoms with Crippen LogP contribution in [-0.2, 0) is 16.0 Å². The molecule has 47 heavy (non-hydrogen) atoms. The molecule has 0 saturated carbocycles. The number of ether oxygens (including phenoxy) is 1. The van der Waals surface area contributed by atoms with Crippen LogP contribution >= 0.6 is 0 Å². The Balaban J connectivity index is 1.94. The lowest BCUT2D eigenvalue weighted by atomic mass is 9.90. The largest absolute Gasteiger partial charge is 0.507 e. The summed E-state index contributed by atoms with van der Waals surface area (Å²) >= 11 is 0. The normalized spacial score (nSPS) is 11.7. The third kappa shape index (κ3) is 6.86. The van der Waals surface area contributed by atoms with Crippen LogP contribution in [0.15, 0.2) is 100 Å². The molecule has 0 saturated heterocycles. The number of carbonyl (C=O) groups is 2. The Labute approximate surface area is 269 Å². The van der Waals surface area contributed by atoms with Crippen molar-refractivity contribution in [3.8, 4) is 22.8 Å². The Morgan fingerprint density at radius 2 is 1.49 bits per heavy atom. The topological polar surface area (TPSA) is 160 Å². The van der Waals surface area contributed by atoms with Crippen molar-refractivity contribution in [1.82, 2.24) is 9.97 Å². The van der Waals surface area contributed by atoms with Gasteiger partial charge in [-0.1, -0.05) is 23.8 Å². The van der Waals surface area contributed by atoms with E-state index in [1.165, 1.54) is 43.9 Å². The molecule has 5 rings (SSSR count). The molecular weight excluding hydrogens is 600 g/mol. The second-order valence-corrected chi connectivity index (χ2v) is 10.8. The number of hydrogen-bond acceptors (Lipinski definition) is 8. The summed E-state index contributed by atoms with van der Waals surface area (Å²) in [5, 5.41) is 31.8. The van der Waals surface area contributed by atoms with Gasteiger partial charge in [-0.15, -0.1) is 0 Å². The molecule has 0 aliphatic heterocycles. The number of aliphatic carboxylic acids is 2. The molecule has 0 unspecified atom stereocenters. The number of hydrogen-bond donors (Lipinski definition) is 3. The molecule has 10 heteroatoms. The van der Waals surface area contributed by atoms with Gasteiger partial charge in [0.1, 0.15) is 28.2 Å². The lowest BCUT2D eigenvalue weighted by molar-refractivity contribution is -0.131. The molecular formula is C37H30N2O8. The maximum Gasteiger partial charge on any atom is 0.336 e. The van der Waals surface area contributed by atoms with Crippen LogP contribution in [0.2, 0.25) is 0 Å². The zero-order valence-electron chi connectivity index (χ0n) is 25.7. The highest BCUT2D eigenvalue weighted by molar-refractivity contribution is 6.23. The number of nitrogens with zero attached hydrogens (tertiary/aromatic N) is 2. The number of carboxylic acid groups (broad SMARTS) is 2. The average molecular weight is 631 g/mol. The van der Waals surface area contributed by atoms with Crippen LogP contribution in [-0.4, -0.2) is 44.3 Å². The number of rotatable bonds is 10. The summed E-state index contributed by atoms with van der Waals surface area (Å²) in [7, 11) is 1.49. The van der Waals surface area contributed by atoms with Crippen molar-refractivity contribution in [3.05, 3.63) is 129 Å². The first kappa shape index (κ1) is 32.1. The van der Waals surface area contributed by atoms with Crippen molar-refractivity contribution in [2.45, 2.75) is 20.3 Å². The van der Waals surface area contributed by atoms with E-state index in [9.17, 15) is 29.7 Å². The van der Waals surface area contributed by atoms with Crippen molar-refractivity contribution in [3.63, 3.8) is 0 Å². The summed E-state index contributed by atoms with van der Waals surface area (Å²) in [5.74, 6) is -2.85. The molecule has 236 valence electrons. The van der Waals surface area contributed by atoms with Crippen molar-refractivity contribution >= 4 is 46.2 Å². The van der Waals surface area contributed by atoms with E-state index in [1.54, 1.807) is 54.7 Å². The molecule has 3 aromatic heterocycles. The monoisotopic (exact) mass is 630 g/mol. The Hall–Kier alpha value is -6.29. The fourth-order valence-corrected chi connectivity index (χ4v) is 5.09. The molecule has 3 heterocycles. The summed E-state index contributed by atoms with van der Waals surface area (Å²) in [5.41, 5.74) is 0.830. The fraction of sp³-hybridized carbons (Fsp3) is 0.108. The van der Waals surface area contributed by atoms with Gasteiger partial charge in [0.2, 0.25) is 5.43 Å². The van der Waals surface area contributed by atoms with E-state index in [0.717, 1.165) is 5.57 Å². The van der Waals surface area contributed by atoms with Gasteiger partial charge in [-0.25, -0.2) is 9.59 Å². The molecule has 5 aromatic rings. The van der Waals surface area contributed by atoms with Gasteiger partial charge < -0.3 is 24.5 Å². The summed E-state index contributed by atoms with van der Waals surface area (Å²) in [6.45, 7) is 3.73. The molecule has 0 aliphatic rings. The lowest BCUT2D eigenvalue weighted by Gasteiger charge is -2.17. The molecule has 0 spiro atoms. The van der Waals surface area contributed by atoms with Gasteiger partial charge in [0.05, 0.1) is 23.8 Å². The number of benzene rings is 2. The van der Waals surface area contributed by atoms with Gasteiger partial charge in [-0.2, -0.15) is 0 Å². The minimum absolute atomic E-state index is 0.0819. The van der Waals surface area contributed by atoms with Gasteiger partial charge in [0, 0.05) is 35.9 Å². The van der Waals surface area contributed by atoms with Crippen LogP contribution in [0, 0.1) is 0 Å². The minimum atomic E-state index is -1.41. The summed E-state index contributed by atoms with van der Waals surface area (Å²) in [4.78, 5) is 48.0. The maximum atomic E-state index is 14.5. The molecule has 0 atom stereocenters. The van der Waals surface area contributed by atoms with Gasteiger partial charge in [-0.3, -0.25) is 14.8 Å². The highest BCUT2D eigenvalue weighted by Crippen LogP contribution is 2.39. The highest BCUT2D eigenvalue weighted by Gasteiger charge is 2.29. The number of methoxy groups -OCH3 is 1. The molecule has 0 aliphatic carbocycles. The Bertz CT molecular complexity index is 2130. The molecule has 3 N–H and O–H groups in total. The van der Waals surface area contributed by atoms with Crippen LogP contribution in [0.3, 0.4) is 0 Å². The van der Waals surface area contributed by atoms with Crippen LogP contribution < -0.4 is 10.2 Å². The van der Waals surface area contributed by atoms with Gasteiger partial charge in [-0.05, 0) is 91.6 Å². The zero-order valence-corrected chi connectivity index (χ0v) is 25.7. The lowest BCUT2D eigenvalue weighted by Crippen LogP contribution is -2.16. The first-order chi connectivity index (χ1) is 22.6. The zero-order chi connectivity index (χ0) is 33.7. The third-order valence-electron chi connectivity index (χ3n) is 7.33. The minimum Gasteiger partial charge on any atom is -0.507 e. The second-order valence-electron chi connectivity index (χ2n) is 10.8. The Kier molecular flexibility index (Phi) is 9.42. The predicted octanol–water partition coefficient (Wildman–Crippen LogP) is 6.72. The number of aromatic hydroxyl groups is 1. The van der Waals surface area contributed by atoms with Crippen molar-refractivity contribution in [1.29, 1.82) is 0 Å². The van der Waals surface area contributed by atoms with E-state index in [0.29, 0.717) is 28.0 Å². The summed E-state index contributed by atoms with van der Waals surface area (Å²) in [6, 6.07) is 14.3.